The Kier molecular flexibility index (Phi) is 4.01. The summed E-state index contributed by atoms with van der Waals surface area (Å²) in [4.78, 5) is 11.9. The van der Waals surface area contributed by atoms with Crippen molar-refractivity contribution in [3.05, 3.63) is 52.3 Å². The number of phenolic OH excluding ortho intramolecular Hbond substituents is 1. The number of phenols is 1. The number of carbonyl (C=O) groups is 1. The molecule has 1 heterocycles. The summed E-state index contributed by atoms with van der Waals surface area (Å²) in [7, 11) is 0. The third-order valence-corrected chi connectivity index (χ3v) is 4.44. The highest BCUT2D eigenvalue weighted by molar-refractivity contribution is 6.33. The van der Waals surface area contributed by atoms with E-state index in [0.29, 0.717) is 23.4 Å². The summed E-state index contributed by atoms with van der Waals surface area (Å²) in [5.41, 5.74) is -0.644. The second-order valence-corrected chi connectivity index (χ2v) is 5.89. The Morgan fingerprint density at radius 3 is 2.67 bits per heavy atom. The van der Waals surface area contributed by atoms with Crippen molar-refractivity contribution < 1.29 is 24.1 Å². The van der Waals surface area contributed by atoms with Gasteiger partial charge in [0.05, 0.1) is 10.7 Å². The van der Waals surface area contributed by atoms with E-state index in [1.165, 1.54) is 30.3 Å². The predicted octanol–water partition coefficient (Wildman–Crippen LogP) is 3.53. The molecule has 2 aromatic rings. The molecular weight excluding hydrogens is 337 g/mol. The average molecular weight is 352 g/mol. The van der Waals surface area contributed by atoms with Gasteiger partial charge >= 0.3 is 5.97 Å². The van der Waals surface area contributed by atoms with Crippen LogP contribution in [0.5, 0.6) is 11.5 Å². The van der Waals surface area contributed by atoms with E-state index in [1.54, 1.807) is 0 Å². The molecule has 2 aromatic carbocycles. The number of anilines is 1. The lowest BCUT2D eigenvalue weighted by atomic mass is 9.89. The minimum atomic E-state index is -1.71. The number of hydrogen-bond acceptors (Lipinski definition) is 4. The smallest absolute Gasteiger partial charge is 0.353 e. The molecular formula is C17H15ClFNO4. The lowest BCUT2D eigenvalue weighted by Crippen LogP contribution is -2.40. The minimum absolute atomic E-state index is 0.0497. The number of aliphatic carboxylic acids is 1. The highest BCUT2D eigenvalue weighted by Crippen LogP contribution is 2.50. The predicted molar refractivity (Wildman–Crippen MR) is 87.3 cm³/mol. The van der Waals surface area contributed by atoms with Gasteiger partial charge in [0.15, 0.2) is 5.75 Å². The number of carboxylic acids is 1. The average Bonchev–Trinajstić information content (AvgIpc) is 2.94. The highest BCUT2D eigenvalue weighted by Gasteiger charge is 2.49. The molecule has 5 nitrogen and oxygen atoms in total. The SMILES string of the molecule is CCNc1cc2c(c(Cl)c1O)CC(C(=O)O)(c1ccc(F)cc1)O2. The fourth-order valence-electron chi connectivity index (χ4n) is 2.83. The van der Waals surface area contributed by atoms with Gasteiger partial charge in [0.1, 0.15) is 11.6 Å². The second-order valence-electron chi connectivity index (χ2n) is 5.51. The van der Waals surface area contributed by atoms with E-state index in [-0.39, 0.29) is 22.9 Å². The van der Waals surface area contributed by atoms with Crippen molar-refractivity contribution >= 4 is 23.3 Å². The molecule has 1 aliphatic heterocycles. The Labute approximate surface area is 142 Å². The number of hydrogen-bond donors (Lipinski definition) is 3. The van der Waals surface area contributed by atoms with Gasteiger partial charge in [-0.15, -0.1) is 0 Å². The van der Waals surface area contributed by atoms with Crippen LogP contribution in [-0.2, 0) is 16.8 Å². The molecule has 0 saturated heterocycles. The number of rotatable bonds is 4. The lowest BCUT2D eigenvalue weighted by Gasteiger charge is -2.24. The molecule has 1 atom stereocenters. The Morgan fingerprint density at radius 2 is 2.08 bits per heavy atom. The summed E-state index contributed by atoms with van der Waals surface area (Å²) in [6.07, 6.45) is -0.0674. The van der Waals surface area contributed by atoms with Crippen LogP contribution < -0.4 is 10.1 Å². The summed E-state index contributed by atoms with van der Waals surface area (Å²) in [6.45, 7) is 2.40. The molecule has 3 N–H and O–H groups in total. The van der Waals surface area contributed by atoms with Gasteiger partial charge in [-0.05, 0) is 19.1 Å². The molecule has 1 aliphatic rings. The fraction of sp³-hybridized carbons (Fsp3) is 0.235. The van der Waals surface area contributed by atoms with E-state index >= 15 is 0 Å². The zero-order valence-corrected chi connectivity index (χ0v) is 13.5. The summed E-state index contributed by atoms with van der Waals surface area (Å²) in [6, 6.07) is 6.61. The maximum absolute atomic E-state index is 13.2. The summed E-state index contributed by atoms with van der Waals surface area (Å²) >= 11 is 6.20. The van der Waals surface area contributed by atoms with Crippen molar-refractivity contribution in [3.8, 4) is 11.5 Å². The van der Waals surface area contributed by atoms with Crippen molar-refractivity contribution in [3.63, 3.8) is 0 Å². The number of aromatic hydroxyl groups is 1. The van der Waals surface area contributed by atoms with Gasteiger partial charge in [0.2, 0.25) is 5.60 Å². The van der Waals surface area contributed by atoms with Gasteiger partial charge < -0.3 is 20.3 Å². The van der Waals surface area contributed by atoms with E-state index in [9.17, 15) is 19.4 Å². The van der Waals surface area contributed by atoms with Crippen LogP contribution in [0.4, 0.5) is 10.1 Å². The Bertz CT molecular complexity index is 809. The molecule has 0 fully saturated rings. The minimum Gasteiger partial charge on any atom is -0.504 e. The van der Waals surface area contributed by atoms with E-state index in [1.807, 2.05) is 6.92 Å². The van der Waals surface area contributed by atoms with Crippen LogP contribution >= 0.6 is 11.6 Å². The maximum Gasteiger partial charge on any atom is 0.353 e. The molecule has 0 aromatic heterocycles. The zero-order chi connectivity index (χ0) is 17.5. The molecule has 0 saturated carbocycles. The van der Waals surface area contributed by atoms with Crippen molar-refractivity contribution in [2.24, 2.45) is 0 Å². The van der Waals surface area contributed by atoms with Gasteiger partial charge in [-0.25, -0.2) is 9.18 Å². The number of halogens is 2. The van der Waals surface area contributed by atoms with E-state index < -0.39 is 17.4 Å². The Balaban J connectivity index is 2.11. The normalized spacial score (nSPS) is 18.8. The number of ether oxygens (including phenoxy) is 1. The molecule has 0 radical (unpaired) electrons. The Morgan fingerprint density at radius 1 is 1.42 bits per heavy atom. The molecule has 3 rings (SSSR count). The van der Waals surface area contributed by atoms with E-state index in [4.69, 9.17) is 16.3 Å². The first-order valence-corrected chi connectivity index (χ1v) is 7.73. The van der Waals surface area contributed by atoms with Crippen molar-refractivity contribution in [2.45, 2.75) is 18.9 Å². The molecule has 1 unspecified atom stereocenters. The van der Waals surface area contributed by atoms with Crippen LogP contribution in [0.3, 0.4) is 0 Å². The molecule has 24 heavy (non-hydrogen) atoms. The first kappa shape index (κ1) is 16.4. The molecule has 0 spiro atoms. The Hall–Kier alpha value is -2.47. The third kappa shape index (κ3) is 2.43. The van der Waals surface area contributed by atoms with Gasteiger partial charge in [0.25, 0.3) is 0 Å². The third-order valence-electron chi connectivity index (χ3n) is 4.03. The molecule has 0 amide bonds. The van der Waals surface area contributed by atoms with Gasteiger partial charge in [-0.3, -0.25) is 0 Å². The lowest BCUT2D eigenvalue weighted by molar-refractivity contribution is -0.154. The summed E-state index contributed by atoms with van der Waals surface area (Å²) < 4.78 is 18.9. The maximum atomic E-state index is 13.2. The van der Waals surface area contributed by atoms with Gasteiger partial charge in [-0.2, -0.15) is 0 Å². The van der Waals surface area contributed by atoms with Gasteiger partial charge in [0, 0.05) is 30.2 Å². The number of carboxylic acid groups (broad SMARTS) is 1. The first-order chi connectivity index (χ1) is 11.4. The monoisotopic (exact) mass is 351 g/mol. The molecule has 7 heteroatoms. The highest BCUT2D eigenvalue weighted by atomic mass is 35.5. The largest absolute Gasteiger partial charge is 0.504 e. The number of nitrogens with one attached hydrogen (secondary N) is 1. The second kappa shape index (κ2) is 5.87. The van der Waals surface area contributed by atoms with E-state index in [2.05, 4.69) is 5.32 Å². The van der Waals surface area contributed by atoms with Crippen molar-refractivity contribution in [2.75, 3.05) is 11.9 Å². The van der Waals surface area contributed by atoms with Crippen LogP contribution in [0.1, 0.15) is 18.1 Å². The standard InChI is InChI=1S/C17H15ClFNO4/c1-2-20-12-7-13-11(14(18)15(12)21)8-17(24-13,16(22)23)9-3-5-10(19)6-4-9/h3-7,20-21H,2,8H2,1H3,(H,22,23). The molecule has 0 aliphatic carbocycles. The van der Waals surface area contributed by atoms with Crippen LogP contribution in [0, 0.1) is 5.82 Å². The molecule has 0 bridgehead atoms. The molecule has 126 valence electrons. The number of fused-ring (bicyclic) bond motifs is 1. The van der Waals surface area contributed by atoms with Gasteiger partial charge in [-0.1, -0.05) is 23.7 Å². The number of benzene rings is 2. The van der Waals surface area contributed by atoms with E-state index in [0.717, 1.165) is 0 Å². The van der Waals surface area contributed by atoms with Crippen molar-refractivity contribution in [1.82, 2.24) is 0 Å². The topological polar surface area (TPSA) is 78.8 Å². The quantitative estimate of drug-likeness (QED) is 0.734. The van der Waals surface area contributed by atoms with Crippen LogP contribution in [0.15, 0.2) is 30.3 Å². The summed E-state index contributed by atoms with van der Waals surface area (Å²) in [5.74, 6) is -1.56. The van der Waals surface area contributed by atoms with Crippen LogP contribution in [0.2, 0.25) is 5.02 Å². The first-order valence-electron chi connectivity index (χ1n) is 7.35. The van der Waals surface area contributed by atoms with Crippen molar-refractivity contribution in [1.29, 1.82) is 0 Å². The fourth-order valence-corrected chi connectivity index (χ4v) is 3.09. The van der Waals surface area contributed by atoms with Crippen LogP contribution in [0.25, 0.3) is 0 Å². The summed E-state index contributed by atoms with van der Waals surface area (Å²) in [5, 5.41) is 22.9. The van der Waals surface area contributed by atoms with Crippen LogP contribution in [-0.4, -0.2) is 22.7 Å². The zero-order valence-electron chi connectivity index (χ0n) is 12.8.